The average molecular weight is 1200 g/mol. The molecule has 6 aliphatic rings. The normalized spacial score (nSPS) is 21.5. The number of hydrogen-bond acceptors (Lipinski definition) is 9. The van der Waals surface area contributed by atoms with Crippen LogP contribution in [-0.4, -0.2) is 220 Å². The van der Waals surface area contributed by atoms with E-state index in [0.29, 0.717) is 43.3 Å². The van der Waals surface area contributed by atoms with E-state index >= 15 is 0 Å². The predicted molar refractivity (Wildman–Crippen MR) is 381 cm³/mol. The lowest BCUT2D eigenvalue weighted by atomic mass is 9.71. The zero-order valence-electron chi connectivity index (χ0n) is 63.5. The first-order valence-electron chi connectivity index (χ1n) is 36.4. The summed E-state index contributed by atoms with van der Waals surface area (Å²) in [5.41, 5.74) is 4.00. The Kier molecular flexibility index (Phi) is 35.5. The van der Waals surface area contributed by atoms with Crippen LogP contribution in [0, 0.1) is 61.1 Å². The van der Waals surface area contributed by atoms with Crippen molar-refractivity contribution >= 4 is 0 Å². The average Bonchev–Trinajstić information content (AvgIpc) is 1.39. The minimum Gasteiger partial charge on any atom is -0.303 e. The van der Waals surface area contributed by atoms with Crippen molar-refractivity contribution < 1.29 is 0 Å². The van der Waals surface area contributed by atoms with Crippen LogP contribution in [0.3, 0.4) is 0 Å². The van der Waals surface area contributed by atoms with Gasteiger partial charge in [-0.25, -0.2) is 0 Å². The number of nitrogens with zero attached hydrogens (tertiary/aromatic N) is 9. The van der Waals surface area contributed by atoms with Crippen molar-refractivity contribution in [2.45, 2.75) is 264 Å². The second-order valence-corrected chi connectivity index (χ2v) is 38.4. The van der Waals surface area contributed by atoms with Crippen molar-refractivity contribution in [3.8, 4) is 0 Å². The SMILES string of the molecule is CC(C)(C)CCN1CCCN(CCC(C)(C)C)CC1.CC(C)(C)CCN1CCN(CCC(C)(C)C)CC1.CC(C)(C)CN1CC2(C1)CN(CC(C)(C)C)C2.CC(C)CCCCCN1CCC(C(C)(C)C)CC1.CC(C)CN1CCN(C(C)C)CC1. The Labute approximate surface area is 536 Å². The van der Waals surface area contributed by atoms with Gasteiger partial charge in [-0.1, -0.05) is 192 Å². The maximum Gasteiger partial charge on any atom is 0.0212 e. The molecular weight excluding hydrogens is 1040 g/mol. The van der Waals surface area contributed by atoms with E-state index in [1.165, 1.54) is 241 Å². The Balaban J connectivity index is 0.000000364. The predicted octanol–water partition coefficient (Wildman–Crippen LogP) is 16.7. The summed E-state index contributed by atoms with van der Waals surface area (Å²) in [6.07, 6.45) is 15.1. The lowest BCUT2D eigenvalue weighted by Crippen LogP contribution is -2.73. The van der Waals surface area contributed by atoms with Crippen molar-refractivity contribution in [3.63, 3.8) is 0 Å². The smallest absolute Gasteiger partial charge is 0.0212 e. The fourth-order valence-corrected chi connectivity index (χ4v) is 13.3. The molecule has 0 bridgehead atoms. The van der Waals surface area contributed by atoms with E-state index in [4.69, 9.17) is 0 Å². The van der Waals surface area contributed by atoms with Crippen LogP contribution in [0.5, 0.6) is 0 Å². The highest BCUT2D eigenvalue weighted by Gasteiger charge is 2.52. The third-order valence-electron chi connectivity index (χ3n) is 18.8. The summed E-state index contributed by atoms with van der Waals surface area (Å²) in [4.78, 5) is 23.7. The lowest BCUT2D eigenvalue weighted by molar-refractivity contribution is -0.129. The van der Waals surface area contributed by atoms with E-state index in [1.807, 2.05) is 0 Å². The number of likely N-dealkylation sites (tertiary alicyclic amines) is 3. The van der Waals surface area contributed by atoms with Crippen molar-refractivity contribution in [1.29, 1.82) is 0 Å². The van der Waals surface area contributed by atoms with Gasteiger partial charge in [0, 0.05) is 123 Å². The molecule has 6 saturated heterocycles. The maximum absolute atomic E-state index is 2.69. The summed E-state index contributed by atoms with van der Waals surface area (Å²) in [6.45, 7) is 96.7. The quantitative estimate of drug-likeness (QED) is 0.117. The van der Waals surface area contributed by atoms with Crippen molar-refractivity contribution in [3.05, 3.63) is 0 Å². The highest BCUT2D eigenvalue weighted by atomic mass is 15.3. The van der Waals surface area contributed by atoms with E-state index in [2.05, 4.69) is 231 Å². The van der Waals surface area contributed by atoms with Crippen LogP contribution < -0.4 is 0 Å². The molecule has 0 aromatic carbocycles. The third kappa shape index (κ3) is 41.0. The standard InChI is InChI=1S/C17H36N2.C17H35N.C16H34N2.C15H30N2.C11H24N2/c1-16(2,3)8-12-18-10-7-11-19(15-14-18)13-9-17(4,5)6;1-15(2)9-7-6-8-12-18-13-10-16(11-14-18)17(3,4)5;1-15(2,3)7-9-17-11-13-18(14-12-17)10-8-16(4,5)6;1-13(2,3)7-16-9-15(10-16)11-17(12-15)8-14(4,5)6;1-10(2)9-12-5-7-13(8-6-12)11(3)4/h7-15H2,1-6H3;15-16H,6-14H2,1-5H3;7-14H2,1-6H3;7-12H2,1-6H3;10-11H,5-9H2,1-4H3. The van der Waals surface area contributed by atoms with E-state index in [-0.39, 0.29) is 0 Å². The van der Waals surface area contributed by atoms with Gasteiger partial charge in [0.25, 0.3) is 0 Å². The summed E-state index contributed by atoms with van der Waals surface area (Å²) in [7, 11) is 0. The Morgan fingerprint density at radius 3 is 0.953 bits per heavy atom. The summed E-state index contributed by atoms with van der Waals surface area (Å²) < 4.78 is 0. The number of piperazine rings is 2. The molecule has 6 fully saturated rings. The van der Waals surface area contributed by atoms with Crippen molar-refractivity contribution in [2.24, 2.45) is 61.1 Å². The second-order valence-electron chi connectivity index (χ2n) is 38.4. The van der Waals surface area contributed by atoms with Gasteiger partial charge in [0.05, 0.1) is 0 Å². The van der Waals surface area contributed by atoms with Crippen LogP contribution in [0.1, 0.15) is 258 Å². The molecule has 0 aliphatic carbocycles. The van der Waals surface area contributed by atoms with Crippen LogP contribution in [0.25, 0.3) is 0 Å². The molecule has 0 saturated carbocycles. The molecule has 1 spiro atoms. The second kappa shape index (κ2) is 37.4. The zero-order valence-corrected chi connectivity index (χ0v) is 63.5. The molecule has 9 heteroatoms. The molecule has 0 aromatic rings. The lowest BCUT2D eigenvalue weighted by Gasteiger charge is -2.62. The first kappa shape index (κ1) is 80.7. The number of hydrogen-bond donors (Lipinski definition) is 0. The minimum absolute atomic E-state index is 0.455. The molecule has 0 radical (unpaired) electrons. The molecule has 6 aliphatic heterocycles. The van der Waals surface area contributed by atoms with Crippen molar-refractivity contribution in [2.75, 3.05) is 170 Å². The largest absolute Gasteiger partial charge is 0.303 e. The molecule has 508 valence electrons. The first-order valence-corrected chi connectivity index (χ1v) is 36.4. The Hall–Kier alpha value is -0.360. The summed E-state index contributed by atoms with van der Waals surface area (Å²) in [6, 6.07) is 0.723. The highest BCUT2D eigenvalue weighted by molar-refractivity contribution is 5.06. The topological polar surface area (TPSA) is 29.2 Å². The molecule has 0 unspecified atom stereocenters. The zero-order chi connectivity index (χ0) is 64.7. The van der Waals surface area contributed by atoms with Crippen molar-refractivity contribution in [1.82, 2.24) is 44.1 Å². The van der Waals surface area contributed by atoms with E-state index < -0.39 is 0 Å². The minimum atomic E-state index is 0.455. The summed E-state index contributed by atoms with van der Waals surface area (Å²) >= 11 is 0. The molecule has 85 heavy (non-hydrogen) atoms. The third-order valence-corrected chi connectivity index (χ3v) is 18.8. The van der Waals surface area contributed by atoms with Crippen LogP contribution in [0.2, 0.25) is 0 Å². The van der Waals surface area contributed by atoms with Gasteiger partial charge in [0.2, 0.25) is 0 Å². The molecule has 0 aromatic heterocycles. The Bertz CT molecular complexity index is 1570. The molecule has 6 rings (SSSR count). The van der Waals surface area contributed by atoms with E-state index in [0.717, 1.165) is 23.8 Å². The van der Waals surface area contributed by atoms with Gasteiger partial charge < -0.3 is 39.2 Å². The first-order chi connectivity index (χ1) is 38.9. The monoisotopic (exact) mass is 1200 g/mol. The number of rotatable bonds is 19. The highest BCUT2D eigenvalue weighted by Crippen LogP contribution is 2.42. The summed E-state index contributed by atoms with van der Waals surface area (Å²) in [5.74, 6) is 2.63. The molecular formula is C76H159N9. The van der Waals surface area contributed by atoms with Gasteiger partial charge >= 0.3 is 0 Å². The van der Waals surface area contributed by atoms with Crippen LogP contribution in [-0.2, 0) is 0 Å². The molecule has 0 atom stereocenters. The fourth-order valence-electron chi connectivity index (χ4n) is 13.3. The molecule has 9 nitrogen and oxygen atoms in total. The van der Waals surface area contributed by atoms with Gasteiger partial charge in [0.15, 0.2) is 0 Å². The molecule has 6 heterocycles. The van der Waals surface area contributed by atoms with Crippen LogP contribution >= 0.6 is 0 Å². The van der Waals surface area contributed by atoms with E-state index in [9.17, 15) is 0 Å². The van der Waals surface area contributed by atoms with Crippen LogP contribution in [0.15, 0.2) is 0 Å². The van der Waals surface area contributed by atoms with Gasteiger partial charge in [-0.3, -0.25) is 4.90 Å². The van der Waals surface area contributed by atoms with Gasteiger partial charge in [-0.05, 0) is 180 Å². The molecule has 0 N–H and O–H groups in total. The van der Waals surface area contributed by atoms with E-state index in [1.54, 1.807) is 0 Å². The Morgan fingerprint density at radius 2 is 0.659 bits per heavy atom. The van der Waals surface area contributed by atoms with Gasteiger partial charge in [-0.2, -0.15) is 0 Å². The van der Waals surface area contributed by atoms with Gasteiger partial charge in [-0.15, -0.1) is 0 Å². The maximum atomic E-state index is 2.69. The fraction of sp³-hybridized carbons (Fsp3) is 1.00. The Morgan fingerprint density at radius 1 is 0.329 bits per heavy atom. The summed E-state index contributed by atoms with van der Waals surface area (Å²) in [5, 5.41) is 0. The number of unbranched alkanes of at least 4 members (excludes halogenated alkanes) is 2. The van der Waals surface area contributed by atoms with Gasteiger partial charge in [0.1, 0.15) is 0 Å². The number of piperidine rings is 1. The molecule has 0 amide bonds. The van der Waals surface area contributed by atoms with Crippen LogP contribution in [0.4, 0.5) is 0 Å².